The van der Waals surface area contributed by atoms with Crippen molar-refractivity contribution in [3.8, 4) is 5.75 Å². The van der Waals surface area contributed by atoms with Gasteiger partial charge in [-0.25, -0.2) is 4.39 Å². The second-order valence-electron chi connectivity index (χ2n) is 11.7. The number of piperidine rings is 1. The number of ether oxygens (including phenoxy) is 2. The van der Waals surface area contributed by atoms with E-state index < -0.39 is 11.9 Å². The summed E-state index contributed by atoms with van der Waals surface area (Å²) in [5.41, 5.74) is 1.97. The van der Waals surface area contributed by atoms with E-state index in [2.05, 4.69) is 10.2 Å². The topological polar surface area (TPSA) is 88.2 Å². The molecule has 2 heterocycles. The van der Waals surface area contributed by atoms with E-state index >= 15 is 4.39 Å². The number of nitrogens with zero attached hydrogens (tertiary/aromatic N) is 2. The van der Waals surface area contributed by atoms with Crippen molar-refractivity contribution in [1.29, 1.82) is 0 Å². The van der Waals surface area contributed by atoms with Crippen LogP contribution in [0.3, 0.4) is 0 Å². The zero-order valence-electron chi connectivity index (χ0n) is 23.4. The lowest BCUT2D eigenvalue weighted by Crippen LogP contribution is -2.56. The highest BCUT2D eigenvalue weighted by Crippen LogP contribution is 2.30. The molecule has 2 aromatic carbocycles. The van der Waals surface area contributed by atoms with E-state index in [9.17, 15) is 14.4 Å². The minimum Gasteiger partial charge on any atom is -0.488 e. The van der Waals surface area contributed by atoms with E-state index in [1.54, 1.807) is 18.2 Å². The number of carbonyl (C=O) groups is 3. The summed E-state index contributed by atoms with van der Waals surface area (Å²) >= 11 is 0. The minimum atomic E-state index is -0.739. The van der Waals surface area contributed by atoms with Crippen LogP contribution in [-0.2, 0) is 38.8 Å². The van der Waals surface area contributed by atoms with Crippen molar-refractivity contribution in [2.75, 3.05) is 13.1 Å². The molecule has 8 nitrogen and oxygen atoms in total. The maximum absolute atomic E-state index is 15.6. The third kappa shape index (κ3) is 7.02. The first-order valence-electron chi connectivity index (χ1n) is 13.3. The summed E-state index contributed by atoms with van der Waals surface area (Å²) in [6, 6.07) is 10.1. The zero-order valence-corrected chi connectivity index (χ0v) is 23.4. The van der Waals surface area contributed by atoms with Crippen molar-refractivity contribution in [2.45, 2.75) is 84.4 Å². The molecule has 210 valence electrons. The summed E-state index contributed by atoms with van der Waals surface area (Å²) in [7, 11) is 0. The molecule has 0 bridgehead atoms. The van der Waals surface area contributed by atoms with Gasteiger partial charge in [0.25, 0.3) is 0 Å². The molecule has 2 aromatic rings. The highest BCUT2D eigenvalue weighted by Gasteiger charge is 2.38. The summed E-state index contributed by atoms with van der Waals surface area (Å²) < 4.78 is 27.9. The van der Waals surface area contributed by atoms with E-state index in [0.717, 1.165) is 11.1 Å². The third-order valence-electron chi connectivity index (χ3n) is 7.15. The standard InChI is InChI=1S/C30H38FN3O5/c1-20-8-6-11-25(23(20)15-34(19-35)24-12-13-26(36)32-28(24)37)38-16-22-10-7-9-21(27(22)31)14-33-17-29(2,3)39-30(4,5)18-33/h6-11,19,24H,12-18H2,1-5H3,(H,32,36,37). The van der Waals surface area contributed by atoms with Gasteiger partial charge in [-0.2, -0.15) is 0 Å². The highest BCUT2D eigenvalue weighted by atomic mass is 19.1. The smallest absolute Gasteiger partial charge is 0.249 e. The molecule has 2 fully saturated rings. The minimum absolute atomic E-state index is 0.00965. The average molecular weight is 540 g/mol. The van der Waals surface area contributed by atoms with Crippen LogP contribution >= 0.6 is 0 Å². The van der Waals surface area contributed by atoms with E-state index in [1.807, 2.05) is 52.8 Å². The van der Waals surface area contributed by atoms with Gasteiger partial charge in [-0.15, -0.1) is 0 Å². The van der Waals surface area contributed by atoms with Crippen molar-refractivity contribution in [1.82, 2.24) is 15.1 Å². The van der Waals surface area contributed by atoms with Crippen LogP contribution in [0.15, 0.2) is 36.4 Å². The molecule has 0 aromatic heterocycles. The molecule has 1 atom stereocenters. The van der Waals surface area contributed by atoms with Gasteiger partial charge >= 0.3 is 0 Å². The third-order valence-corrected chi connectivity index (χ3v) is 7.15. The van der Waals surface area contributed by atoms with Crippen LogP contribution in [0.4, 0.5) is 4.39 Å². The Hall–Kier alpha value is -3.30. The molecule has 4 rings (SSSR count). The molecule has 0 saturated carbocycles. The number of nitrogens with one attached hydrogen (secondary N) is 1. The number of halogens is 1. The van der Waals surface area contributed by atoms with Gasteiger partial charge in [-0.1, -0.05) is 30.3 Å². The van der Waals surface area contributed by atoms with E-state index in [4.69, 9.17) is 9.47 Å². The van der Waals surface area contributed by atoms with Crippen LogP contribution in [0.5, 0.6) is 5.75 Å². The molecule has 2 saturated heterocycles. The lowest BCUT2D eigenvalue weighted by molar-refractivity contribution is -0.182. The zero-order chi connectivity index (χ0) is 28.4. The van der Waals surface area contributed by atoms with E-state index in [-0.39, 0.29) is 48.9 Å². The Morgan fingerprint density at radius 2 is 1.77 bits per heavy atom. The number of aryl methyl sites for hydroxylation is 1. The van der Waals surface area contributed by atoms with E-state index in [0.29, 0.717) is 42.9 Å². The molecule has 3 amide bonds. The Bertz CT molecular complexity index is 1230. The molecular formula is C30H38FN3O5. The van der Waals surface area contributed by atoms with Crippen molar-refractivity contribution in [2.24, 2.45) is 0 Å². The predicted octanol–water partition coefficient (Wildman–Crippen LogP) is 3.87. The van der Waals surface area contributed by atoms with Crippen molar-refractivity contribution >= 4 is 18.2 Å². The molecule has 1 N–H and O–H groups in total. The number of benzene rings is 2. The molecular weight excluding hydrogens is 501 g/mol. The Labute approximate surface area is 229 Å². The normalized spacial score (nSPS) is 20.8. The van der Waals surface area contributed by atoms with Crippen LogP contribution in [-0.4, -0.2) is 58.4 Å². The van der Waals surface area contributed by atoms with Gasteiger partial charge < -0.3 is 14.4 Å². The summed E-state index contributed by atoms with van der Waals surface area (Å²) in [6.45, 7) is 12.1. The van der Waals surface area contributed by atoms with Crippen molar-refractivity contribution < 1.29 is 28.2 Å². The fourth-order valence-electron chi connectivity index (χ4n) is 5.74. The number of imide groups is 1. The predicted molar refractivity (Wildman–Crippen MR) is 144 cm³/mol. The lowest BCUT2D eigenvalue weighted by Gasteiger charge is -2.47. The molecule has 2 aliphatic rings. The van der Waals surface area contributed by atoms with Gasteiger partial charge in [-0.3, -0.25) is 24.6 Å². The first-order valence-corrected chi connectivity index (χ1v) is 13.3. The Balaban J connectivity index is 1.48. The number of hydrogen-bond donors (Lipinski definition) is 1. The molecule has 0 aliphatic carbocycles. The number of morpholine rings is 1. The van der Waals surface area contributed by atoms with Crippen molar-refractivity contribution in [3.05, 3.63) is 64.5 Å². The van der Waals surface area contributed by atoms with Gasteiger partial charge in [0.05, 0.1) is 17.7 Å². The van der Waals surface area contributed by atoms with Crippen LogP contribution < -0.4 is 10.1 Å². The van der Waals surface area contributed by atoms with Crippen LogP contribution in [0.1, 0.15) is 62.8 Å². The summed E-state index contributed by atoms with van der Waals surface area (Å²) in [5, 5.41) is 2.29. The second kappa shape index (κ2) is 11.4. The molecule has 0 radical (unpaired) electrons. The maximum atomic E-state index is 15.6. The molecule has 0 spiro atoms. The molecule has 39 heavy (non-hydrogen) atoms. The van der Waals surface area contributed by atoms with Crippen LogP contribution in [0, 0.1) is 12.7 Å². The largest absolute Gasteiger partial charge is 0.488 e. The van der Waals surface area contributed by atoms with Gasteiger partial charge in [0, 0.05) is 42.7 Å². The fraction of sp³-hybridized carbons (Fsp3) is 0.500. The first-order chi connectivity index (χ1) is 18.4. The molecule has 1 unspecified atom stereocenters. The fourth-order valence-corrected chi connectivity index (χ4v) is 5.74. The summed E-state index contributed by atoms with van der Waals surface area (Å²) in [5.74, 6) is -0.616. The number of carbonyl (C=O) groups excluding carboxylic acids is 3. The number of rotatable bonds is 9. The maximum Gasteiger partial charge on any atom is 0.249 e. The Morgan fingerprint density at radius 1 is 1.10 bits per heavy atom. The van der Waals surface area contributed by atoms with Gasteiger partial charge in [0.15, 0.2) is 0 Å². The summed E-state index contributed by atoms with van der Waals surface area (Å²) in [6.07, 6.45) is 1.06. The lowest BCUT2D eigenvalue weighted by atomic mass is 9.98. The SMILES string of the molecule is Cc1cccc(OCc2cccc(CN3CC(C)(C)OC(C)(C)C3)c2F)c1CN(C=O)C1CCC(=O)NC1=O. The van der Waals surface area contributed by atoms with E-state index in [1.165, 1.54) is 4.90 Å². The Kier molecular flexibility index (Phi) is 8.42. The number of hydrogen-bond acceptors (Lipinski definition) is 6. The Morgan fingerprint density at radius 3 is 2.44 bits per heavy atom. The first kappa shape index (κ1) is 28.7. The highest BCUT2D eigenvalue weighted by molar-refractivity contribution is 6.00. The van der Waals surface area contributed by atoms with Gasteiger partial charge in [0.1, 0.15) is 24.2 Å². The number of amides is 3. The molecule has 9 heteroatoms. The second-order valence-corrected chi connectivity index (χ2v) is 11.7. The van der Waals surface area contributed by atoms with Crippen LogP contribution in [0.2, 0.25) is 0 Å². The average Bonchev–Trinajstić information content (AvgIpc) is 2.83. The van der Waals surface area contributed by atoms with Gasteiger partial charge in [0.2, 0.25) is 18.2 Å². The summed E-state index contributed by atoms with van der Waals surface area (Å²) in [4.78, 5) is 39.4. The van der Waals surface area contributed by atoms with Gasteiger partial charge in [-0.05, 0) is 52.7 Å². The van der Waals surface area contributed by atoms with Crippen LogP contribution in [0.25, 0.3) is 0 Å². The molecule has 2 aliphatic heterocycles. The monoisotopic (exact) mass is 539 g/mol. The van der Waals surface area contributed by atoms with Crippen molar-refractivity contribution in [3.63, 3.8) is 0 Å². The quantitative estimate of drug-likeness (QED) is 0.385.